The third-order valence-electron chi connectivity index (χ3n) is 2.12. The smallest absolute Gasteiger partial charge is 0.261 e. The molecule has 0 aliphatic carbocycles. The van der Waals surface area contributed by atoms with E-state index in [2.05, 4.69) is 10.2 Å². The second-order valence-electron chi connectivity index (χ2n) is 3.20. The van der Waals surface area contributed by atoms with Crippen molar-refractivity contribution >= 4 is 0 Å². The normalized spacial score (nSPS) is 11.3. The SMILES string of the molecule is CCn1c(CN)nnc1CCOCC(F)F. The molecule has 0 amide bonds. The number of halogens is 2. The van der Waals surface area contributed by atoms with Crippen LogP contribution < -0.4 is 5.73 Å². The van der Waals surface area contributed by atoms with Crippen LogP contribution in [-0.2, 0) is 24.2 Å². The fourth-order valence-electron chi connectivity index (χ4n) is 1.41. The van der Waals surface area contributed by atoms with E-state index in [0.29, 0.717) is 25.3 Å². The van der Waals surface area contributed by atoms with Crippen molar-refractivity contribution in [3.05, 3.63) is 11.6 Å². The minimum Gasteiger partial charge on any atom is -0.375 e. The summed E-state index contributed by atoms with van der Waals surface area (Å²) in [6.45, 7) is 2.66. The Kier molecular flexibility index (Phi) is 5.27. The number of rotatable bonds is 7. The standard InChI is InChI=1S/C9H16F2N4O/c1-2-15-8(13-14-9(15)5-12)3-4-16-6-7(10)11/h7H,2-6,12H2,1H3. The van der Waals surface area contributed by atoms with Crippen molar-refractivity contribution in [2.75, 3.05) is 13.2 Å². The molecule has 1 aromatic heterocycles. The lowest BCUT2D eigenvalue weighted by Crippen LogP contribution is -2.13. The van der Waals surface area contributed by atoms with Crippen molar-refractivity contribution in [3.8, 4) is 0 Å². The summed E-state index contributed by atoms with van der Waals surface area (Å²) in [7, 11) is 0. The molecule has 0 bridgehead atoms. The molecule has 0 atom stereocenters. The van der Waals surface area contributed by atoms with Crippen molar-refractivity contribution in [3.63, 3.8) is 0 Å². The van der Waals surface area contributed by atoms with Crippen LogP contribution >= 0.6 is 0 Å². The number of aromatic nitrogens is 3. The Morgan fingerprint density at radius 1 is 1.38 bits per heavy atom. The minimum atomic E-state index is -2.43. The molecule has 1 heterocycles. The fraction of sp³-hybridized carbons (Fsp3) is 0.778. The van der Waals surface area contributed by atoms with Crippen LogP contribution in [0.1, 0.15) is 18.6 Å². The lowest BCUT2D eigenvalue weighted by molar-refractivity contribution is 0.0181. The van der Waals surface area contributed by atoms with Crippen LogP contribution in [-0.4, -0.2) is 34.4 Å². The number of hydrogen-bond donors (Lipinski definition) is 1. The number of nitrogens with zero attached hydrogens (tertiary/aromatic N) is 3. The van der Waals surface area contributed by atoms with Crippen molar-refractivity contribution in [2.45, 2.75) is 32.9 Å². The van der Waals surface area contributed by atoms with Crippen LogP contribution in [0.3, 0.4) is 0 Å². The first-order chi connectivity index (χ1) is 7.69. The molecule has 0 unspecified atom stereocenters. The molecular weight excluding hydrogens is 218 g/mol. The Morgan fingerprint density at radius 3 is 2.62 bits per heavy atom. The molecule has 0 fully saturated rings. The van der Waals surface area contributed by atoms with Gasteiger partial charge in [-0.15, -0.1) is 10.2 Å². The number of hydrogen-bond acceptors (Lipinski definition) is 4. The van der Waals surface area contributed by atoms with Gasteiger partial charge in [-0.05, 0) is 6.92 Å². The second kappa shape index (κ2) is 6.49. The third kappa shape index (κ3) is 3.49. The monoisotopic (exact) mass is 234 g/mol. The van der Waals surface area contributed by atoms with Gasteiger partial charge in [0.1, 0.15) is 18.3 Å². The Labute approximate surface area is 92.6 Å². The van der Waals surface area contributed by atoms with E-state index in [0.717, 1.165) is 5.82 Å². The zero-order valence-corrected chi connectivity index (χ0v) is 9.20. The lowest BCUT2D eigenvalue weighted by Gasteiger charge is -2.06. The number of ether oxygens (including phenoxy) is 1. The highest BCUT2D eigenvalue weighted by atomic mass is 19.3. The van der Waals surface area contributed by atoms with E-state index in [4.69, 9.17) is 10.5 Å². The van der Waals surface area contributed by atoms with Crippen molar-refractivity contribution in [2.24, 2.45) is 5.73 Å². The van der Waals surface area contributed by atoms with Gasteiger partial charge < -0.3 is 15.0 Å². The van der Waals surface area contributed by atoms with Gasteiger partial charge >= 0.3 is 0 Å². The molecule has 5 nitrogen and oxygen atoms in total. The maximum Gasteiger partial charge on any atom is 0.261 e. The molecule has 7 heteroatoms. The van der Waals surface area contributed by atoms with E-state index in [1.165, 1.54) is 0 Å². The summed E-state index contributed by atoms with van der Waals surface area (Å²) in [5.74, 6) is 1.42. The largest absolute Gasteiger partial charge is 0.375 e. The highest BCUT2D eigenvalue weighted by Gasteiger charge is 2.09. The van der Waals surface area contributed by atoms with Gasteiger partial charge in [0.05, 0.1) is 13.2 Å². The first kappa shape index (κ1) is 13.0. The van der Waals surface area contributed by atoms with Gasteiger partial charge in [-0.1, -0.05) is 0 Å². The molecule has 0 aromatic carbocycles. The summed E-state index contributed by atoms with van der Waals surface area (Å²) in [5, 5.41) is 7.84. The van der Waals surface area contributed by atoms with Crippen LogP contribution in [0, 0.1) is 0 Å². The number of nitrogens with two attached hydrogens (primary N) is 1. The van der Waals surface area contributed by atoms with Crippen LogP contribution in [0.5, 0.6) is 0 Å². The fourth-order valence-corrected chi connectivity index (χ4v) is 1.41. The Hall–Kier alpha value is -1.08. The molecule has 16 heavy (non-hydrogen) atoms. The van der Waals surface area contributed by atoms with Crippen molar-refractivity contribution in [1.82, 2.24) is 14.8 Å². The minimum absolute atomic E-state index is 0.215. The summed E-state index contributed by atoms with van der Waals surface area (Å²) in [5.41, 5.74) is 5.48. The summed E-state index contributed by atoms with van der Waals surface area (Å²) >= 11 is 0. The molecule has 1 rings (SSSR count). The van der Waals surface area contributed by atoms with Gasteiger partial charge in [-0.2, -0.15) is 0 Å². The molecule has 0 radical (unpaired) electrons. The topological polar surface area (TPSA) is 66.0 Å². The predicted molar refractivity (Wildman–Crippen MR) is 54.1 cm³/mol. The van der Waals surface area contributed by atoms with E-state index >= 15 is 0 Å². The first-order valence-corrected chi connectivity index (χ1v) is 5.16. The van der Waals surface area contributed by atoms with E-state index < -0.39 is 13.0 Å². The highest BCUT2D eigenvalue weighted by Crippen LogP contribution is 2.03. The van der Waals surface area contributed by atoms with Gasteiger partial charge in [-0.25, -0.2) is 8.78 Å². The highest BCUT2D eigenvalue weighted by molar-refractivity contribution is 4.95. The molecule has 0 aliphatic rings. The van der Waals surface area contributed by atoms with Crippen molar-refractivity contribution in [1.29, 1.82) is 0 Å². The molecule has 0 aliphatic heterocycles. The van der Waals surface area contributed by atoms with E-state index in [-0.39, 0.29) is 6.61 Å². The van der Waals surface area contributed by atoms with Gasteiger partial charge in [0.15, 0.2) is 0 Å². The van der Waals surface area contributed by atoms with Crippen LogP contribution in [0.15, 0.2) is 0 Å². The van der Waals surface area contributed by atoms with E-state index in [9.17, 15) is 8.78 Å². The number of alkyl halides is 2. The zero-order chi connectivity index (χ0) is 12.0. The van der Waals surface area contributed by atoms with Crippen LogP contribution in [0.2, 0.25) is 0 Å². The average molecular weight is 234 g/mol. The van der Waals surface area contributed by atoms with Crippen LogP contribution in [0.25, 0.3) is 0 Å². The first-order valence-electron chi connectivity index (χ1n) is 5.16. The van der Waals surface area contributed by atoms with Crippen LogP contribution in [0.4, 0.5) is 8.78 Å². The Balaban J connectivity index is 2.44. The van der Waals surface area contributed by atoms with E-state index in [1.54, 1.807) is 0 Å². The molecular formula is C9H16F2N4O. The zero-order valence-electron chi connectivity index (χ0n) is 9.20. The maximum atomic E-state index is 11.8. The summed E-state index contributed by atoms with van der Waals surface area (Å²) in [6, 6.07) is 0. The lowest BCUT2D eigenvalue weighted by atomic mass is 10.4. The summed E-state index contributed by atoms with van der Waals surface area (Å²) in [6.07, 6.45) is -1.96. The van der Waals surface area contributed by atoms with Gasteiger partial charge in [0, 0.05) is 13.0 Å². The van der Waals surface area contributed by atoms with Gasteiger partial charge in [-0.3, -0.25) is 0 Å². The Morgan fingerprint density at radius 2 is 2.06 bits per heavy atom. The molecule has 0 saturated carbocycles. The quantitative estimate of drug-likeness (QED) is 0.701. The maximum absolute atomic E-state index is 11.8. The van der Waals surface area contributed by atoms with Gasteiger partial charge in [0.2, 0.25) is 0 Å². The van der Waals surface area contributed by atoms with E-state index in [1.807, 2.05) is 11.5 Å². The molecule has 1 aromatic rings. The third-order valence-corrected chi connectivity index (χ3v) is 2.12. The second-order valence-corrected chi connectivity index (χ2v) is 3.20. The molecule has 92 valence electrons. The summed E-state index contributed by atoms with van der Waals surface area (Å²) in [4.78, 5) is 0. The van der Waals surface area contributed by atoms with Gasteiger partial charge in [0.25, 0.3) is 6.43 Å². The molecule has 0 spiro atoms. The predicted octanol–water partition coefficient (Wildman–Crippen LogP) is 0.581. The molecule has 0 saturated heterocycles. The molecule has 2 N–H and O–H groups in total. The Bertz CT molecular complexity index is 316. The summed E-state index contributed by atoms with van der Waals surface area (Å²) < 4.78 is 30.2. The van der Waals surface area contributed by atoms with Crippen molar-refractivity contribution < 1.29 is 13.5 Å². The average Bonchev–Trinajstić information content (AvgIpc) is 2.66.